The number of benzene rings is 3. The Balaban J connectivity index is 1.67. The van der Waals surface area contributed by atoms with Crippen molar-refractivity contribution < 1.29 is 19.1 Å². The molecule has 0 aliphatic rings. The predicted octanol–water partition coefficient (Wildman–Crippen LogP) is 5.21. The molecule has 5 nitrogen and oxygen atoms in total. The number of carbonyl (C=O) groups excluding carboxylic acids is 2. The van der Waals surface area contributed by atoms with Crippen LogP contribution in [-0.4, -0.2) is 18.5 Å². The van der Waals surface area contributed by atoms with Crippen molar-refractivity contribution in [3.8, 4) is 11.5 Å². The minimum atomic E-state index is -0.517. The fourth-order valence-electron chi connectivity index (χ4n) is 2.53. The van der Waals surface area contributed by atoms with Crippen LogP contribution < -0.4 is 14.8 Å². The fraction of sp³-hybridized carbons (Fsp3) is 0.0909. The van der Waals surface area contributed by atoms with Gasteiger partial charge in [-0.15, -0.1) is 0 Å². The van der Waals surface area contributed by atoms with Gasteiger partial charge >= 0.3 is 5.97 Å². The monoisotopic (exact) mass is 395 g/mol. The highest BCUT2D eigenvalue weighted by atomic mass is 35.5. The summed E-state index contributed by atoms with van der Waals surface area (Å²) in [6.07, 6.45) is 0. The number of hydrogen-bond acceptors (Lipinski definition) is 4. The van der Waals surface area contributed by atoms with Crippen LogP contribution in [0.3, 0.4) is 0 Å². The van der Waals surface area contributed by atoms with Crippen molar-refractivity contribution in [3.63, 3.8) is 0 Å². The number of ether oxygens (including phenoxy) is 2. The number of nitrogens with one attached hydrogen (secondary N) is 1. The predicted molar refractivity (Wildman–Crippen MR) is 108 cm³/mol. The molecule has 6 heteroatoms. The lowest BCUT2D eigenvalue weighted by Crippen LogP contribution is -2.13. The quantitative estimate of drug-likeness (QED) is 0.459. The molecule has 1 amide bonds. The molecule has 0 radical (unpaired) electrons. The minimum Gasteiger partial charge on any atom is -0.493 e. The molecule has 0 unspecified atom stereocenters. The maximum atomic E-state index is 12.4. The number of para-hydroxylation sites is 1. The summed E-state index contributed by atoms with van der Waals surface area (Å²) in [5.41, 5.74) is 1.28. The van der Waals surface area contributed by atoms with Crippen molar-refractivity contribution in [2.45, 2.75) is 6.92 Å². The summed E-state index contributed by atoms with van der Waals surface area (Å²) < 4.78 is 10.8. The number of anilines is 1. The average molecular weight is 396 g/mol. The third kappa shape index (κ3) is 4.69. The van der Waals surface area contributed by atoms with E-state index in [1.807, 2.05) is 6.92 Å². The Morgan fingerprint density at radius 3 is 2.21 bits per heavy atom. The molecule has 142 valence electrons. The highest BCUT2D eigenvalue weighted by molar-refractivity contribution is 6.34. The first-order chi connectivity index (χ1) is 13.6. The Morgan fingerprint density at radius 1 is 0.893 bits per heavy atom. The molecule has 0 spiro atoms. The zero-order valence-electron chi connectivity index (χ0n) is 15.1. The van der Waals surface area contributed by atoms with Crippen molar-refractivity contribution in [1.82, 2.24) is 0 Å². The highest BCUT2D eigenvalue weighted by Crippen LogP contribution is 2.23. The van der Waals surface area contributed by atoms with Crippen molar-refractivity contribution in [1.29, 1.82) is 0 Å². The fourth-order valence-corrected chi connectivity index (χ4v) is 2.75. The third-order valence-electron chi connectivity index (χ3n) is 3.85. The second kappa shape index (κ2) is 9.06. The molecule has 0 heterocycles. The Morgan fingerprint density at radius 2 is 1.54 bits per heavy atom. The van der Waals surface area contributed by atoms with Gasteiger partial charge in [0.2, 0.25) is 0 Å². The smallest absolute Gasteiger partial charge is 0.347 e. The molecule has 0 atom stereocenters. The van der Waals surface area contributed by atoms with Crippen molar-refractivity contribution in [2.75, 3.05) is 11.9 Å². The average Bonchev–Trinajstić information content (AvgIpc) is 2.70. The van der Waals surface area contributed by atoms with E-state index >= 15 is 0 Å². The van der Waals surface area contributed by atoms with E-state index in [9.17, 15) is 9.59 Å². The van der Waals surface area contributed by atoms with Crippen LogP contribution >= 0.6 is 11.6 Å². The van der Waals surface area contributed by atoms with Crippen LogP contribution in [0.2, 0.25) is 5.02 Å². The third-order valence-corrected chi connectivity index (χ3v) is 4.18. The van der Waals surface area contributed by atoms with Crippen molar-refractivity contribution >= 4 is 29.2 Å². The highest BCUT2D eigenvalue weighted by Gasteiger charge is 2.15. The van der Waals surface area contributed by atoms with Crippen molar-refractivity contribution in [2.24, 2.45) is 0 Å². The van der Waals surface area contributed by atoms with E-state index in [0.29, 0.717) is 39.9 Å². The summed E-state index contributed by atoms with van der Waals surface area (Å²) in [5, 5.41) is 3.13. The summed E-state index contributed by atoms with van der Waals surface area (Å²) in [7, 11) is 0. The van der Waals surface area contributed by atoms with Gasteiger partial charge in [0.25, 0.3) is 5.91 Å². The van der Waals surface area contributed by atoms with Crippen LogP contribution in [0.15, 0.2) is 72.8 Å². The normalized spacial score (nSPS) is 10.2. The number of rotatable bonds is 6. The van der Waals surface area contributed by atoms with Gasteiger partial charge in [0.05, 0.1) is 17.2 Å². The number of halogens is 1. The second-order valence-electron chi connectivity index (χ2n) is 5.78. The molecule has 28 heavy (non-hydrogen) atoms. The van der Waals surface area contributed by atoms with Gasteiger partial charge in [-0.1, -0.05) is 35.9 Å². The Labute approximate surface area is 167 Å². The minimum absolute atomic E-state index is 0.319. The molecular weight excluding hydrogens is 378 g/mol. The van der Waals surface area contributed by atoms with E-state index in [1.54, 1.807) is 72.8 Å². The first-order valence-electron chi connectivity index (χ1n) is 8.68. The molecule has 1 N–H and O–H groups in total. The maximum absolute atomic E-state index is 12.4. The van der Waals surface area contributed by atoms with Gasteiger partial charge in [0.1, 0.15) is 17.1 Å². The van der Waals surface area contributed by atoms with E-state index < -0.39 is 5.97 Å². The SMILES string of the molecule is CCOc1ccccc1C(=O)Oc1ccc(NC(=O)c2ccccc2Cl)cc1. The molecule has 0 saturated heterocycles. The largest absolute Gasteiger partial charge is 0.493 e. The van der Waals surface area contributed by atoms with E-state index in [-0.39, 0.29) is 5.91 Å². The molecule has 0 fully saturated rings. The topological polar surface area (TPSA) is 64.6 Å². The Bertz CT molecular complexity index is 986. The molecule has 3 aromatic carbocycles. The zero-order valence-corrected chi connectivity index (χ0v) is 15.9. The molecule has 0 saturated carbocycles. The summed E-state index contributed by atoms with van der Waals surface area (Å²) >= 11 is 6.03. The Kier molecular flexibility index (Phi) is 6.29. The van der Waals surface area contributed by atoms with Gasteiger partial charge in [-0.25, -0.2) is 4.79 Å². The number of hydrogen-bond donors (Lipinski definition) is 1. The Hall–Kier alpha value is -3.31. The summed E-state index contributed by atoms with van der Waals surface area (Å²) in [4.78, 5) is 24.7. The van der Waals surface area contributed by atoms with Crippen LogP contribution in [-0.2, 0) is 0 Å². The van der Waals surface area contributed by atoms with Crippen LogP contribution in [0.5, 0.6) is 11.5 Å². The number of esters is 1. The summed E-state index contributed by atoms with van der Waals surface area (Å²) in [6.45, 7) is 2.29. The van der Waals surface area contributed by atoms with Crippen LogP contribution in [0.25, 0.3) is 0 Å². The van der Waals surface area contributed by atoms with Gasteiger partial charge < -0.3 is 14.8 Å². The second-order valence-corrected chi connectivity index (χ2v) is 6.18. The molecule has 3 rings (SSSR count). The molecule has 0 aliphatic heterocycles. The lowest BCUT2D eigenvalue weighted by Gasteiger charge is -2.10. The van der Waals surface area contributed by atoms with E-state index in [0.717, 1.165) is 0 Å². The standard InChI is InChI=1S/C22H18ClNO4/c1-2-27-20-10-6-4-8-18(20)22(26)28-16-13-11-15(12-14-16)24-21(25)17-7-3-5-9-19(17)23/h3-14H,2H2,1H3,(H,24,25). The van der Waals surface area contributed by atoms with Gasteiger partial charge in [-0.3, -0.25) is 4.79 Å². The summed E-state index contributed by atoms with van der Waals surface area (Å²) in [6, 6.07) is 20.2. The molecule has 0 bridgehead atoms. The van der Waals surface area contributed by atoms with Crippen LogP contribution in [0.4, 0.5) is 5.69 Å². The van der Waals surface area contributed by atoms with E-state index in [1.165, 1.54) is 0 Å². The lowest BCUT2D eigenvalue weighted by molar-refractivity contribution is 0.0730. The number of amides is 1. The van der Waals surface area contributed by atoms with Gasteiger partial charge in [0.15, 0.2) is 0 Å². The van der Waals surface area contributed by atoms with Gasteiger partial charge in [-0.2, -0.15) is 0 Å². The van der Waals surface area contributed by atoms with Gasteiger partial charge in [0, 0.05) is 5.69 Å². The van der Waals surface area contributed by atoms with Crippen LogP contribution in [0, 0.1) is 0 Å². The molecule has 0 aromatic heterocycles. The maximum Gasteiger partial charge on any atom is 0.347 e. The van der Waals surface area contributed by atoms with Gasteiger partial charge in [-0.05, 0) is 55.5 Å². The number of carbonyl (C=O) groups is 2. The molecular formula is C22H18ClNO4. The first kappa shape index (κ1) is 19.5. The van der Waals surface area contributed by atoms with E-state index in [4.69, 9.17) is 21.1 Å². The van der Waals surface area contributed by atoms with E-state index in [2.05, 4.69) is 5.32 Å². The first-order valence-corrected chi connectivity index (χ1v) is 9.06. The zero-order chi connectivity index (χ0) is 19.9. The summed E-state index contributed by atoms with van der Waals surface area (Å²) in [5.74, 6) is -0.0106. The molecule has 0 aliphatic carbocycles. The lowest BCUT2D eigenvalue weighted by atomic mass is 10.2. The molecule has 3 aromatic rings. The van der Waals surface area contributed by atoms with Crippen molar-refractivity contribution in [3.05, 3.63) is 88.9 Å². The van der Waals surface area contributed by atoms with Crippen LogP contribution in [0.1, 0.15) is 27.6 Å².